The summed E-state index contributed by atoms with van der Waals surface area (Å²) in [5, 5.41) is 16.1. The Hall–Kier alpha value is -3.34. The molecule has 35 heavy (non-hydrogen) atoms. The van der Waals surface area contributed by atoms with Crippen LogP contribution in [0, 0.1) is 24.7 Å². The zero-order valence-electron chi connectivity index (χ0n) is 20.8. The Morgan fingerprint density at radius 3 is 2.26 bits per heavy atom. The predicted octanol–water partition coefficient (Wildman–Crippen LogP) is 7.68. The molecule has 2 saturated carbocycles. The molecule has 0 spiro atoms. The maximum absolute atomic E-state index is 11.5. The Kier molecular flexibility index (Phi) is 6.26. The fourth-order valence-electron chi connectivity index (χ4n) is 6.69. The lowest BCUT2D eigenvalue weighted by atomic mass is 9.57. The molecule has 2 fully saturated rings. The number of nitrogens with zero attached hydrogens (tertiary/aromatic N) is 1. The van der Waals surface area contributed by atoms with Gasteiger partial charge in [-0.3, -0.25) is 0 Å². The van der Waals surface area contributed by atoms with Gasteiger partial charge in [-0.05, 0) is 116 Å². The molecule has 2 bridgehead atoms. The Bertz CT molecular complexity index is 1200. The first-order chi connectivity index (χ1) is 16.8. The van der Waals surface area contributed by atoms with Crippen molar-refractivity contribution in [1.29, 1.82) is 0 Å². The largest absolute Gasteiger partial charge is 0.478 e. The summed E-state index contributed by atoms with van der Waals surface area (Å²) in [6.07, 6.45) is 8.41. The van der Waals surface area contributed by atoms with E-state index in [1.54, 1.807) is 18.3 Å². The van der Waals surface area contributed by atoms with Gasteiger partial charge in [-0.2, -0.15) is 0 Å². The molecule has 1 aromatic heterocycles. The second-order valence-corrected chi connectivity index (χ2v) is 11.1. The fraction of sp³-hybridized carbons (Fsp3) is 0.400. The fourth-order valence-corrected chi connectivity index (χ4v) is 6.69. The SMILES string of the molecule is Cc1cc(Nc2ccc(C3(C)CC4CC(C)CC(C4)C3)cc2)cc(Nc2ncccc2C(=O)O)c1. The number of aryl methyl sites for hydroxylation is 1. The smallest absolute Gasteiger partial charge is 0.339 e. The standard InChI is InChI=1S/C30H35N3O2/c1-19-11-21-15-22(12-19)18-30(3,17-21)23-6-8-24(9-7-23)32-25-13-20(2)14-26(16-25)33-28-27(29(34)35)5-4-10-31-28/h4-10,13-14,16,19,21-22,32H,11-12,15,17-18H2,1-3H3,(H,31,33)(H,34,35). The van der Waals surface area contributed by atoms with Crippen molar-refractivity contribution >= 4 is 28.8 Å². The summed E-state index contributed by atoms with van der Waals surface area (Å²) in [6, 6.07) is 18.2. The molecule has 2 aromatic carbocycles. The van der Waals surface area contributed by atoms with Crippen LogP contribution in [0.25, 0.3) is 0 Å². The van der Waals surface area contributed by atoms with Gasteiger partial charge in [0.1, 0.15) is 11.4 Å². The van der Waals surface area contributed by atoms with Crippen LogP contribution in [0.2, 0.25) is 0 Å². The normalized spacial score (nSPS) is 25.6. The number of hydrogen-bond acceptors (Lipinski definition) is 4. The molecule has 3 N–H and O–H groups in total. The highest BCUT2D eigenvalue weighted by Gasteiger charge is 2.41. The number of carboxylic acids is 1. The number of fused-ring (bicyclic) bond motifs is 2. The van der Waals surface area contributed by atoms with E-state index in [0.29, 0.717) is 5.82 Å². The topological polar surface area (TPSA) is 74.2 Å². The van der Waals surface area contributed by atoms with E-state index in [-0.39, 0.29) is 11.0 Å². The Balaban J connectivity index is 1.31. The number of anilines is 4. The zero-order valence-corrected chi connectivity index (χ0v) is 20.8. The monoisotopic (exact) mass is 469 g/mol. The van der Waals surface area contributed by atoms with Gasteiger partial charge in [0, 0.05) is 23.3 Å². The van der Waals surface area contributed by atoms with Crippen LogP contribution < -0.4 is 10.6 Å². The van der Waals surface area contributed by atoms with Crippen LogP contribution in [0.1, 0.15) is 67.4 Å². The number of nitrogens with one attached hydrogen (secondary N) is 2. The molecular weight excluding hydrogens is 434 g/mol. The van der Waals surface area contributed by atoms with Crippen molar-refractivity contribution in [3.63, 3.8) is 0 Å². The average Bonchev–Trinajstić information content (AvgIpc) is 2.78. The predicted molar refractivity (Wildman–Crippen MR) is 142 cm³/mol. The first kappa shape index (κ1) is 23.4. The second kappa shape index (κ2) is 9.37. The molecule has 0 aliphatic heterocycles. The highest BCUT2D eigenvalue weighted by Crippen LogP contribution is 2.51. The van der Waals surface area contributed by atoms with E-state index < -0.39 is 5.97 Å². The Morgan fingerprint density at radius 2 is 1.60 bits per heavy atom. The molecule has 2 aliphatic rings. The lowest BCUT2D eigenvalue weighted by molar-refractivity contribution is 0.0697. The van der Waals surface area contributed by atoms with Crippen LogP contribution in [0.4, 0.5) is 22.9 Å². The van der Waals surface area contributed by atoms with E-state index in [2.05, 4.69) is 59.8 Å². The first-order valence-corrected chi connectivity index (χ1v) is 12.7. The minimum absolute atomic E-state index is 0.147. The van der Waals surface area contributed by atoms with Gasteiger partial charge in [0.05, 0.1) is 0 Å². The third kappa shape index (κ3) is 5.19. The molecule has 2 aliphatic carbocycles. The third-order valence-corrected chi connectivity index (χ3v) is 7.87. The molecule has 5 nitrogen and oxygen atoms in total. The third-order valence-electron chi connectivity index (χ3n) is 7.87. The molecule has 2 unspecified atom stereocenters. The minimum Gasteiger partial charge on any atom is -0.478 e. The Morgan fingerprint density at radius 1 is 0.943 bits per heavy atom. The summed E-state index contributed by atoms with van der Waals surface area (Å²) >= 11 is 0. The molecule has 0 amide bonds. The molecule has 1 heterocycles. The number of benzene rings is 2. The van der Waals surface area contributed by atoms with Gasteiger partial charge in [-0.15, -0.1) is 0 Å². The van der Waals surface area contributed by atoms with E-state index in [1.165, 1.54) is 37.7 Å². The number of aromatic carboxylic acids is 1. The molecular formula is C30H35N3O2. The van der Waals surface area contributed by atoms with Crippen molar-refractivity contribution in [3.8, 4) is 0 Å². The number of hydrogen-bond donors (Lipinski definition) is 3. The van der Waals surface area contributed by atoms with Crippen LogP contribution in [0.5, 0.6) is 0 Å². The molecule has 0 radical (unpaired) electrons. The summed E-state index contributed by atoms with van der Waals surface area (Å²) in [5.74, 6) is 1.97. The van der Waals surface area contributed by atoms with Gasteiger partial charge in [-0.1, -0.05) is 26.0 Å². The van der Waals surface area contributed by atoms with Crippen LogP contribution in [-0.2, 0) is 5.41 Å². The number of carbonyl (C=O) groups is 1. The highest BCUT2D eigenvalue weighted by atomic mass is 16.4. The van der Waals surface area contributed by atoms with Gasteiger partial charge in [-0.25, -0.2) is 9.78 Å². The lowest BCUT2D eigenvalue weighted by Gasteiger charge is -2.47. The number of aromatic nitrogens is 1. The van der Waals surface area contributed by atoms with Crippen molar-refractivity contribution in [1.82, 2.24) is 4.98 Å². The minimum atomic E-state index is -1.00. The first-order valence-electron chi connectivity index (χ1n) is 12.7. The zero-order chi connectivity index (χ0) is 24.6. The van der Waals surface area contributed by atoms with E-state index in [4.69, 9.17) is 0 Å². The molecule has 5 rings (SSSR count). The number of pyridine rings is 1. The van der Waals surface area contributed by atoms with Crippen LogP contribution >= 0.6 is 0 Å². The summed E-state index contributed by atoms with van der Waals surface area (Å²) in [7, 11) is 0. The Labute approximate surface area is 208 Å². The van der Waals surface area contributed by atoms with Gasteiger partial charge < -0.3 is 15.7 Å². The second-order valence-electron chi connectivity index (χ2n) is 11.1. The summed E-state index contributed by atoms with van der Waals surface area (Å²) in [4.78, 5) is 15.7. The summed E-state index contributed by atoms with van der Waals surface area (Å²) in [5.41, 5.74) is 5.72. The number of rotatable bonds is 6. The van der Waals surface area contributed by atoms with Gasteiger partial charge in [0.25, 0.3) is 0 Å². The quantitative estimate of drug-likeness (QED) is 0.345. The maximum Gasteiger partial charge on any atom is 0.339 e. The molecule has 3 aromatic rings. The lowest BCUT2D eigenvalue weighted by Crippen LogP contribution is -2.38. The van der Waals surface area contributed by atoms with E-state index in [0.717, 1.165) is 40.4 Å². The van der Waals surface area contributed by atoms with Crippen LogP contribution in [-0.4, -0.2) is 16.1 Å². The summed E-state index contributed by atoms with van der Waals surface area (Å²) < 4.78 is 0. The summed E-state index contributed by atoms with van der Waals surface area (Å²) in [6.45, 7) is 6.92. The van der Waals surface area contributed by atoms with Crippen molar-refractivity contribution in [2.24, 2.45) is 17.8 Å². The highest BCUT2D eigenvalue weighted by molar-refractivity contribution is 5.94. The van der Waals surface area contributed by atoms with Gasteiger partial charge in [0.2, 0.25) is 0 Å². The van der Waals surface area contributed by atoms with Crippen molar-refractivity contribution in [2.45, 2.75) is 58.3 Å². The molecule has 2 atom stereocenters. The maximum atomic E-state index is 11.5. The average molecular weight is 470 g/mol. The van der Waals surface area contributed by atoms with E-state index >= 15 is 0 Å². The molecule has 5 heteroatoms. The van der Waals surface area contributed by atoms with Gasteiger partial charge in [0.15, 0.2) is 0 Å². The van der Waals surface area contributed by atoms with Crippen molar-refractivity contribution < 1.29 is 9.90 Å². The van der Waals surface area contributed by atoms with E-state index in [1.807, 2.05) is 19.1 Å². The van der Waals surface area contributed by atoms with Crippen LogP contribution in [0.3, 0.4) is 0 Å². The molecule has 0 saturated heterocycles. The van der Waals surface area contributed by atoms with Crippen LogP contribution in [0.15, 0.2) is 60.8 Å². The van der Waals surface area contributed by atoms with Gasteiger partial charge >= 0.3 is 5.97 Å². The van der Waals surface area contributed by atoms with E-state index in [9.17, 15) is 9.90 Å². The van der Waals surface area contributed by atoms with Crippen molar-refractivity contribution in [3.05, 3.63) is 77.5 Å². The molecule has 182 valence electrons. The number of carboxylic acid groups (broad SMARTS) is 1. The van der Waals surface area contributed by atoms with Crippen molar-refractivity contribution in [2.75, 3.05) is 10.6 Å².